The molecule has 0 radical (unpaired) electrons. The summed E-state index contributed by atoms with van der Waals surface area (Å²) in [5.74, 6) is -1.79. The Hall–Kier alpha value is -2.55. The van der Waals surface area contributed by atoms with Gasteiger partial charge in [-0.3, -0.25) is 9.59 Å². The molecule has 2 heterocycles. The predicted octanol–water partition coefficient (Wildman–Crippen LogP) is 2.62. The third-order valence-corrected chi connectivity index (χ3v) is 4.68. The number of benzene rings is 1. The quantitative estimate of drug-likeness (QED) is 0.717. The van der Waals surface area contributed by atoms with Gasteiger partial charge in [-0.15, -0.1) is 0 Å². The maximum Gasteiger partial charge on any atom is 0.407 e. The third-order valence-electron chi connectivity index (χ3n) is 4.18. The summed E-state index contributed by atoms with van der Waals surface area (Å²) < 4.78 is 6.20. The Labute approximate surface area is 151 Å². The molecule has 1 fully saturated rings. The highest BCUT2D eigenvalue weighted by Gasteiger charge is 2.30. The van der Waals surface area contributed by atoms with Gasteiger partial charge in [0, 0.05) is 22.9 Å². The lowest BCUT2D eigenvalue weighted by molar-refractivity contribution is -0.121. The van der Waals surface area contributed by atoms with Gasteiger partial charge in [-0.25, -0.2) is 4.79 Å². The number of anilines is 1. The Balaban J connectivity index is 1.90. The Morgan fingerprint density at radius 2 is 2.12 bits per heavy atom. The summed E-state index contributed by atoms with van der Waals surface area (Å²) in [6.45, 7) is 0.528. The van der Waals surface area contributed by atoms with Crippen LogP contribution in [-0.4, -0.2) is 41.0 Å². The smallest absolute Gasteiger partial charge is 0.407 e. The first-order valence-electron chi connectivity index (χ1n) is 7.67. The summed E-state index contributed by atoms with van der Waals surface area (Å²) in [5, 5.41) is 12.3. The van der Waals surface area contributed by atoms with Gasteiger partial charge in [0.2, 0.25) is 11.7 Å². The molecule has 25 heavy (non-hydrogen) atoms. The molecule has 1 saturated heterocycles. The van der Waals surface area contributed by atoms with Crippen LogP contribution in [0.4, 0.5) is 10.5 Å². The van der Waals surface area contributed by atoms with Gasteiger partial charge in [0.05, 0.1) is 5.92 Å². The van der Waals surface area contributed by atoms with Crippen LogP contribution in [0, 0.1) is 5.92 Å². The molecule has 132 valence electrons. The van der Waals surface area contributed by atoms with E-state index < -0.39 is 17.9 Å². The van der Waals surface area contributed by atoms with E-state index in [1.165, 1.54) is 4.90 Å². The summed E-state index contributed by atoms with van der Waals surface area (Å²) in [7, 11) is 0. The lowest BCUT2D eigenvalue weighted by atomic mass is 9.97. The van der Waals surface area contributed by atoms with Crippen molar-refractivity contribution in [2.45, 2.75) is 12.8 Å². The van der Waals surface area contributed by atoms with Gasteiger partial charge >= 0.3 is 6.09 Å². The fraction of sp³-hybridized carbons (Fsp3) is 0.312. The molecule has 1 atom stereocenters. The molecule has 1 aliphatic heterocycles. The van der Waals surface area contributed by atoms with Crippen LogP contribution < -0.4 is 11.1 Å². The van der Waals surface area contributed by atoms with Crippen LogP contribution in [0.1, 0.15) is 23.4 Å². The molecule has 1 aromatic carbocycles. The SMILES string of the molecule is NC(=O)c1oc2ccc(Br)cc2c1NC(=O)C1CCCN(C(=O)O)C1. The van der Waals surface area contributed by atoms with E-state index in [1.54, 1.807) is 18.2 Å². The first-order chi connectivity index (χ1) is 11.9. The number of halogens is 1. The van der Waals surface area contributed by atoms with E-state index in [0.717, 1.165) is 4.47 Å². The predicted molar refractivity (Wildman–Crippen MR) is 93.4 cm³/mol. The summed E-state index contributed by atoms with van der Waals surface area (Å²) in [6.07, 6.45) is 0.124. The average molecular weight is 410 g/mol. The molecule has 1 aromatic heterocycles. The maximum absolute atomic E-state index is 12.6. The Morgan fingerprint density at radius 1 is 1.36 bits per heavy atom. The Kier molecular flexibility index (Phi) is 4.67. The number of rotatable bonds is 3. The van der Waals surface area contributed by atoms with Gasteiger partial charge in [-0.05, 0) is 31.0 Å². The number of amides is 3. The van der Waals surface area contributed by atoms with Crippen LogP contribution >= 0.6 is 15.9 Å². The van der Waals surface area contributed by atoms with Crippen molar-refractivity contribution in [3.8, 4) is 0 Å². The van der Waals surface area contributed by atoms with Crippen LogP contribution in [0.2, 0.25) is 0 Å². The van der Waals surface area contributed by atoms with E-state index in [4.69, 9.17) is 15.3 Å². The molecule has 1 aliphatic rings. The number of piperidine rings is 1. The zero-order valence-electron chi connectivity index (χ0n) is 13.1. The van der Waals surface area contributed by atoms with Crippen LogP contribution in [0.15, 0.2) is 27.1 Å². The van der Waals surface area contributed by atoms with Crippen molar-refractivity contribution in [3.05, 3.63) is 28.4 Å². The fourth-order valence-corrected chi connectivity index (χ4v) is 3.32. The standard InChI is InChI=1S/C16H16BrN3O5/c17-9-3-4-11-10(6-9)12(13(25-11)14(18)21)19-15(22)8-2-1-5-20(7-8)16(23)24/h3-4,6,8H,1-2,5,7H2,(H2,18,21)(H,19,22)(H,23,24). The van der Waals surface area contributed by atoms with E-state index in [-0.39, 0.29) is 23.9 Å². The number of primary amides is 1. The van der Waals surface area contributed by atoms with Crippen molar-refractivity contribution in [3.63, 3.8) is 0 Å². The summed E-state index contributed by atoms with van der Waals surface area (Å²) in [4.78, 5) is 36.6. The number of nitrogens with one attached hydrogen (secondary N) is 1. The molecule has 0 saturated carbocycles. The van der Waals surface area contributed by atoms with Crippen LogP contribution in [0.25, 0.3) is 11.0 Å². The second-order valence-corrected chi connectivity index (χ2v) is 6.78. The van der Waals surface area contributed by atoms with Gasteiger partial charge < -0.3 is 25.5 Å². The topological polar surface area (TPSA) is 126 Å². The highest BCUT2D eigenvalue weighted by molar-refractivity contribution is 9.10. The van der Waals surface area contributed by atoms with E-state index >= 15 is 0 Å². The normalized spacial score (nSPS) is 17.5. The van der Waals surface area contributed by atoms with Crippen molar-refractivity contribution < 1.29 is 23.9 Å². The number of hydrogen-bond acceptors (Lipinski definition) is 4. The van der Waals surface area contributed by atoms with Gasteiger partial charge in [0.25, 0.3) is 5.91 Å². The lowest BCUT2D eigenvalue weighted by Crippen LogP contribution is -2.43. The molecule has 4 N–H and O–H groups in total. The van der Waals surface area contributed by atoms with Crippen molar-refractivity contribution in [1.29, 1.82) is 0 Å². The van der Waals surface area contributed by atoms with Crippen molar-refractivity contribution in [2.75, 3.05) is 18.4 Å². The molecule has 0 spiro atoms. The number of furan rings is 1. The van der Waals surface area contributed by atoms with Gasteiger partial charge in [-0.1, -0.05) is 15.9 Å². The lowest BCUT2D eigenvalue weighted by Gasteiger charge is -2.29. The Morgan fingerprint density at radius 3 is 2.80 bits per heavy atom. The summed E-state index contributed by atoms with van der Waals surface area (Å²) >= 11 is 3.34. The maximum atomic E-state index is 12.6. The van der Waals surface area contributed by atoms with E-state index in [0.29, 0.717) is 30.4 Å². The molecule has 8 nitrogen and oxygen atoms in total. The second-order valence-electron chi connectivity index (χ2n) is 5.87. The number of likely N-dealkylation sites (tertiary alicyclic amines) is 1. The molecular weight excluding hydrogens is 394 g/mol. The number of nitrogens with zero attached hydrogens (tertiary/aromatic N) is 1. The zero-order valence-corrected chi connectivity index (χ0v) is 14.7. The monoisotopic (exact) mass is 409 g/mol. The molecule has 2 aromatic rings. The van der Waals surface area contributed by atoms with E-state index in [1.807, 2.05) is 0 Å². The van der Waals surface area contributed by atoms with Crippen LogP contribution in [-0.2, 0) is 4.79 Å². The average Bonchev–Trinajstić information content (AvgIpc) is 2.93. The number of nitrogens with two attached hydrogens (primary N) is 1. The number of carbonyl (C=O) groups is 3. The van der Waals surface area contributed by atoms with Crippen molar-refractivity contribution in [1.82, 2.24) is 4.90 Å². The zero-order chi connectivity index (χ0) is 18.1. The molecule has 0 aliphatic carbocycles. The summed E-state index contributed by atoms with van der Waals surface area (Å²) in [5.41, 5.74) is 5.98. The minimum Gasteiger partial charge on any atom is -0.465 e. The molecule has 3 rings (SSSR count). The molecular formula is C16H16BrN3O5. The summed E-state index contributed by atoms with van der Waals surface area (Å²) in [6, 6.07) is 5.12. The van der Waals surface area contributed by atoms with Crippen LogP contribution in [0.3, 0.4) is 0 Å². The van der Waals surface area contributed by atoms with E-state index in [9.17, 15) is 14.4 Å². The Bertz CT molecular complexity index is 863. The first-order valence-corrected chi connectivity index (χ1v) is 8.46. The van der Waals surface area contributed by atoms with Crippen LogP contribution in [0.5, 0.6) is 0 Å². The molecule has 1 unspecified atom stereocenters. The number of hydrogen-bond donors (Lipinski definition) is 3. The minimum atomic E-state index is -1.05. The number of carbonyl (C=O) groups excluding carboxylic acids is 2. The highest BCUT2D eigenvalue weighted by atomic mass is 79.9. The fourth-order valence-electron chi connectivity index (χ4n) is 2.96. The van der Waals surface area contributed by atoms with Crippen molar-refractivity contribution >= 4 is 50.5 Å². The first kappa shape index (κ1) is 17.3. The minimum absolute atomic E-state index is 0.118. The number of fused-ring (bicyclic) bond motifs is 1. The molecule has 3 amide bonds. The largest absolute Gasteiger partial charge is 0.465 e. The van der Waals surface area contributed by atoms with Crippen molar-refractivity contribution in [2.24, 2.45) is 11.7 Å². The highest BCUT2D eigenvalue weighted by Crippen LogP contribution is 2.33. The molecule has 9 heteroatoms. The molecule has 0 bridgehead atoms. The van der Waals surface area contributed by atoms with Gasteiger partial charge in [0.1, 0.15) is 11.3 Å². The van der Waals surface area contributed by atoms with Gasteiger partial charge in [0.15, 0.2) is 0 Å². The van der Waals surface area contributed by atoms with E-state index in [2.05, 4.69) is 21.2 Å². The van der Waals surface area contributed by atoms with Gasteiger partial charge in [-0.2, -0.15) is 0 Å². The number of carboxylic acid groups (broad SMARTS) is 1. The third kappa shape index (κ3) is 3.46. The second kappa shape index (κ2) is 6.75.